The van der Waals surface area contributed by atoms with E-state index in [0.29, 0.717) is 6.54 Å². The molecule has 1 rings (SSSR count). The van der Waals surface area contributed by atoms with E-state index in [2.05, 4.69) is 5.32 Å². The number of amides is 1. The van der Waals surface area contributed by atoms with E-state index in [1.54, 1.807) is 13.8 Å². The van der Waals surface area contributed by atoms with E-state index in [-0.39, 0.29) is 6.61 Å². The maximum atomic E-state index is 11.6. The van der Waals surface area contributed by atoms with Gasteiger partial charge in [-0.1, -0.05) is 44.2 Å². The lowest BCUT2D eigenvalue weighted by Crippen LogP contribution is -2.45. The number of carbonyl (C=O) groups is 1. The molecule has 0 saturated carbocycles. The summed E-state index contributed by atoms with van der Waals surface area (Å²) in [4.78, 5) is 11.6. The maximum Gasteiger partial charge on any atom is 0.249 e. The summed E-state index contributed by atoms with van der Waals surface area (Å²) in [5, 5.41) is 21.4. The normalized spacial score (nSPS) is 13.2. The van der Waals surface area contributed by atoms with E-state index in [0.717, 1.165) is 5.56 Å². The van der Waals surface area contributed by atoms with Crippen molar-refractivity contribution in [3.63, 3.8) is 0 Å². The Morgan fingerprint density at radius 2 is 1.94 bits per heavy atom. The number of hydrogen-bond acceptors (Lipinski definition) is 3. The van der Waals surface area contributed by atoms with E-state index in [1.165, 1.54) is 0 Å². The lowest BCUT2D eigenvalue weighted by Gasteiger charge is -2.27. The molecular formula is C13H19NO3. The number of nitrogens with one attached hydrogen (secondary N) is 1. The standard InChI is InChI=1S/C13H19NO3/c1-13(2,9-15)11(16)12(17)14-8-10-6-4-3-5-7-10/h3-7,11,15-16H,8-9H2,1-2H3,(H,14,17). The van der Waals surface area contributed by atoms with Crippen molar-refractivity contribution in [3.05, 3.63) is 35.9 Å². The SMILES string of the molecule is CC(C)(CO)C(O)C(=O)NCc1ccccc1. The van der Waals surface area contributed by atoms with Crippen LogP contribution in [0.25, 0.3) is 0 Å². The number of carbonyl (C=O) groups excluding carboxylic acids is 1. The van der Waals surface area contributed by atoms with Crippen LogP contribution in [0, 0.1) is 5.41 Å². The van der Waals surface area contributed by atoms with Crippen molar-refractivity contribution in [2.45, 2.75) is 26.5 Å². The van der Waals surface area contributed by atoms with Crippen LogP contribution in [-0.4, -0.2) is 28.8 Å². The highest BCUT2D eigenvalue weighted by molar-refractivity contribution is 5.81. The van der Waals surface area contributed by atoms with Crippen LogP contribution < -0.4 is 5.32 Å². The summed E-state index contributed by atoms with van der Waals surface area (Å²) >= 11 is 0. The zero-order valence-electron chi connectivity index (χ0n) is 10.2. The van der Waals surface area contributed by atoms with Crippen LogP contribution in [0.2, 0.25) is 0 Å². The summed E-state index contributed by atoms with van der Waals surface area (Å²) in [6.07, 6.45) is -1.21. The number of rotatable bonds is 5. The van der Waals surface area contributed by atoms with Crippen LogP contribution in [-0.2, 0) is 11.3 Å². The van der Waals surface area contributed by atoms with Crippen LogP contribution >= 0.6 is 0 Å². The topological polar surface area (TPSA) is 69.6 Å². The summed E-state index contributed by atoms with van der Waals surface area (Å²) in [6, 6.07) is 9.45. The highest BCUT2D eigenvalue weighted by Crippen LogP contribution is 2.19. The lowest BCUT2D eigenvalue weighted by atomic mass is 9.87. The van der Waals surface area contributed by atoms with Crippen molar-refractivity contribution in [2.24, 2.45) is 5.41 Å². The van der Waals surface area contributed by atoms with Gasteiger partial charge >= 0.3 is 0 Å². The number of aliphatic hydroxyl groups is 2. The van der Waals surface area contributed by atoms with Crippen molar-refractivity contribution < 1.29 is 15.0 Å². The molecule has 4 heteroatoms. The zero-order chi connectivity index (χ0) is 12.9. The Morgan fingerprint density at radius 1 is 1.35 bits per heavy atom. The summed E-state index contributed by atoms with van der Waals surface area (Å²) in [7, 11) is 0. The molecule has 94 valence electrons. The van der Waals surface area contributed by atoms with Gasteiger partial charge in [-0.2, -0.15) is 0 Å². The third-order valence-corrected chi connectivity index (χ3v) is 2.71. The summed E-state index contributed by atoms with van der Waals surface area (Å²) in [5.74, 6) is -0.465. The fourth-order valence-electron chi connectivity index (χ4n) is 1.32. The molecule has 0 saturated heterocycles. The fourth-order valence-corrected chi connectivity index (χ4v) is 1.32. The van der Waals surface area contributed by atoms with Crippen LogP contribution in [0.5, 0.6) is 0 Å². The Hall–Kier alpha value is -1.39. The van der Waals surface area contributed by atoms with Crippen LogP contribution in [0.3, 0.4) is 0 Å². The van der Waals surface area contributed by atoms with Gasteiger partial charge in [-0.05, 0) is 5.56 Å². The largest absolute Gasteiger partial charge is 0.396 e. The Morgan fingerprint density at radius 3 is 2.47 bits per heavy atom. The number of benzene rings is 1. The molecule has 1 aromatic rings. The molecule has 1 amide bonds. The minimum atomic E-state index is -1.21. The molecule has 3 N–H and O–H groups in total. The van der Waals surface area contributed by atoms with Gasteiger partial charge in [0.05, 0.1) is 6.61 Å². The molecule has 4 nitrogen and oxygen atoms in total. The first-order chi connectivity index (χ1) is 7.97. The number of hydrogen-bond donors (Lipinski definition) is 3. The van der Waals surface area contributed by atoms with E-state index < -0.39 is 17.4 Å². The fraction of sp³-hybridized carbons (Fsp3) is 0.462. The Balaban J connectivity index is 2.51. The molecule has 0 fully saturated rings. The molecule has 1 aromatic carbocycles. The first-order valence-electron chi connectivity index (χ1n) is 5.58. The van der Waals surface area contributed by atoms with Gasteiger partial charge in [0.1, 0.15) is 6.10 Å². The van der Waals surface area contributed by atoms with E-state index in [1.807, 2.05) is 30.3 Å². The molecule has 0 aliphatic heterocycles. The Kier molecular flexibility index (Phi) is 4.66. The minimum absolute atomic E-state index is 0.243. The van der Waals surface area contributed by atoms with Crippen molar-refractivity contribution in [2.75, 3.05) is 6.61 Å². The number of aliphatic hydroxyl groups excluding tert-OH is 2. The second-order valence-corrected chi connectivity index (χ2v) is 4.75. The Bertz CT molecular complexity index is 362. The van der Waals surface area contributed by atoms with E-state index in [9.17, 15) is 9.90 Å². The lowest BCUT2D eigenvalue weighted by molar-refractivity contribution is -0.137. The van der Waals surface area contributed by atoms with Crippen molar-refractivity contribution in [3.8, 4) is 0 Å². The third-order valence-electron chi connectivity index (χ3n) is 2.71. The molecule has 0 aromatic heterocycles. The van der Waals surface area contributed by atoms with Gasteiger partial charge in [0.15, 0.2) is 0 Å². The van der Waals surface area contributed by atoms with Crippen LogP contribution in [0.15, 0.2) is 30.3 Å². The molecule has 0 spiro atoms. The van der Waals surface area contributed by atoms with E-state index >= 15 is 0 Å². The molecule has 0 heterocycles. The monoisotopic (exact) mass is 237 g/mol. The van der Waals surface area contributed by atoms with Crippen molar-refractivity contribution >= 4 is 5.91 Å². The highest BCUT2D eigenvalue weighted by Gasteiger charge is 2.32. The maximum absolute atomic E-state index is 11.6. The van der Waals surface area contributed by atoms with Crippen LogP contribution in [0.1, 0.15) is 19.4 Å². The summed E-state index contributed by atoms with van der Waals surface area (Å²) in [6.45, 7) is 3.41. The predicted octanol–water partition coefficient (Wildman–Crippen LogP) is 0.682. The average molecular weight is 237 g/mol. The van der Waals surface area contributed by atoms with Gasteiger partial charge in [-0.3, -0.25) is 4.79 Å². The van der Waals surface area contributed by atoms with Gasteiger partial charge in [-0.25, -0.2) is 0 Å². The third kappa shape index (κ3) is 3.84. The average Bonchev–Trinajstić information content (AvgIpc) is 2.36. The predicted molar refractivity (Wildman–Crippen MR) is 65.2 cm³/mol. The van der Waals surface area contributed by atoms with Crippen molar-refractivity contribution in [1.82, 2.24) is 5.32 Å². The Labute approximate surface area is 101 Å². The minimum Gasteiger partial charge on any atom is -0.396 e. The summed E-state index contributed by atoms with van der Waals surface area (Å²) in [5.41, 5.74) is 0.135. The van der Waals surface area contributed by atoms with Gasteiger partial charge in [0.25, 0.3) is 0 Å². The molecule has 0 aliphatic rings. The molecule has 1 unspecified atom stereocenters. The first kappa shape index (κ1) is 13.7. The van der Waals surface area contributed by atoms with Gasteiger partial charge < -0.3 is 15.5 Å². The van der Waals surface area contributed by atoms with Gasteiger partial charge in [0, 0.05) is 12.0 Å². The highest BCUT2D eigenvalue weighted by atomic mass is 16.3. The summed E-state index contributed by atoms with van der Waals surface area (Å²) < 4.78 is 0. The molecule has 1 atom stereocenters. The second kappa shape index (κ2) is 5.80. The quantitative estimate of drug-likeness (QED) is 0.705. The van der Waals surface area contributed by atoms with Crippen molar-refractivity contribution in [1.29, 1.82) is 0 Å². The molecule has 0 bridgehead atoms. The first-order valence-corrected chi connectivity index (χ1v) is 5.58. The van der Waals surface area contributed by atoms with Crippen LogP contribution in [0.4, 0.5) is 0 Å². The van der Waals surface area contributed by atoms with Gasteiger partial charge in [0.2, 0.25) is 5.91 Å². The second-order valence-electron chi connectivity index (χ2n) is 4.75. The molecule has 0 aliphatic carbocycles. The molecule has 0 radical (unpaired) electrons. The van der Waals surface area contributed by atoms with Gasteiger partial charge in [-0.15, -0.1) is 0 Å². The van der Waals surface area contributed by atoms with E-state index in [4.69, 9.17) is 5.11 Å². The molecular weight excluding hydrogens is 218 g/mol. The molecule has 17 heavy (non-hydrogen) atoms. The smallest absolute Gasteiger partial charge is 0.249 e. The zero-order valence-corrected chi connectivity index (χ0v) is 10.2.